The summed E-state index contributed by atoms with van der Waals surface area (Å²) in [4.78, 5) is 44.5. The number of carbonyl (C=O) groups excluding carboxylic acids is 3. The highest BCUT2D eigenvalue weighted by atomic mass is 19.1. The van der Waals surface area contributed by atoms with E-state index in [2.05, 4.69) is 4.98 Å². The van der Waals surface area contributed by atoms with E-state index in [1.165, 1.54) is 36.5 Å². The van der Waals surface area contributed by atoms with Gasteiger partial charge in [-0.05, 0) is 30.3 Å². The van der Waals surface area contributed by atoms with Gasteiger partial charge in [0.2, 0.25) is 0 Å². The maximum absolute atomic E-state index is 13.4. The van der Waals surface area contributed by atoms with Crippen LogP contribution in [0.5, 0.6) is 0 Å². The molecule has 0 radical (unpaired) electrons. The second kappa shape index (κ2) is 5.02. The maximum atomic E-state index is 13.4. The van der Waals surface area contributed by atoms with E-state index in [0.717, 1.165) is 0 Å². The summed E-state index contributed by atoms with van der Waals surface area (Å²) in [6.07, 6.45) is 1.34. The van der Waals surface area contributed by atoms with Crippen LogP contribution in [0, 0.1) is 5.82 Å². The molecule has 0 atom stereocenters. The zero-order chi connectivity index (χ0) is 16.8. The molecule has 1 aliphatic heterocycles. The van der Waals surface area contributed by atoms with Crippen molar-refractivity contribution in [1.29, 1.82) is 0 Å². The molecule has 6 nitrogen and oxygen atoms in total. The number of nitrogens with one attached hydrogen (secondary N) is 1. The van der Waals surface area contributed by atoms with Gasteiger partial charge >= 0.3 is 5.97 Å². The number of nitrogens with zero attached hydrogens (tertiary/aromatic N) is 1. The van der Waals surface area contributed by atoms with E-state index in [1.54, 1.807) is 12.1 Å². The Hall–Kier alpha value is -3.48. The summed E-state index contributed by atoms with van der Waals surface area (Å²) in [7, 11) is 0. The van der Waals surface area contributed by atoms with Crippen molar-refractivity contribution in [3.63, 3.8) is 0 Å². The van der Waals surface area contributed by atoms with E-state index < -0.39 is 23.6 Å². The molecule has 4 rings (SSSR count). The number of carbonyl (C=O) groups is 3. The van der Waals surface area contributed by atoms with Gasteiger partial charge in [-0.2, -0.15) is 0 Å². The highest BCUT2D eigenvalue weighted by molar-refractivity contribution is 6.21. The van der Waals surface area contributed by atoms with Gasteiger partial charge in [0.25, 0.3) is 11.8 Å². The fourth-order valence-corrected chi connectivity index (χ4v) is 2.64. The van der Waals surface area contributed by atoms with Crippen molar-refractivity contribution < 1.29 is 23.6 Å². The molecular weight excluding hydrogens is 315 g/mol. The number of H-pyrrole nitrogens is 1. The first-order chi connectivity index (χ1) is 11.6. The van der Waals surface area contributed by atoms with Crippen LogP contribution in [-0.2, 0) is 4.84 Å². The third kappa shape index (κ3) is 1.98. The molecule has 0 bridgehead atoms. The Kier molecular flexibility index (Phi) is 2.96. The molecule has 3 aromatic rings. The smallest absolute Gasteiger partial charge is 0.360 e. The predicted octanol–water partition coefficient (Wildman–Crippen LogP) is 2.68. The van der Waals surface area contributed by atoms with Gasteiger partial charge in [-0.15, -0.1) is 0 Å². The fraction of sp³-hybridized carbons (Fsp3) is 0. The first kappa shape index (κ1) is 14.1. The second-order valence-electron chi connectivity index (χ2n) is 5.22. The fourth-order valence-electron chi connectivity index (χ4n) is 2.64. The van der Waals surface area contributed by atoms with Crippen LogP contribution >= 0.6 is 0 Å². The summed E-state index contributed by atoms with van der Waals surface area (Å²) < 4.78 is 13.4. The van der Waals surface area contributed by atoms with Crippen molar-refractivity contribution in [3.8, 4) is 0 Å². The lowest BCUT2D eigenvalue weighted by atomic mass is 10.1. The van der Waals surface area contributed by atoms with Crippen LogP contribution in [0.2, 0.25) is 0 Å². The zero-order valence-electron chi connectivity index (χ0n) is 12.1. The minimum Gasteiger partial charge on any atom is -0.360 e. The Morgan fingerprint density at radius 2 is 1.71 bits per heavy atom. The summed E-state index contributed by atoms with van der Waals surface area (Å²) in [5, 5.41) is 0.724. The number of fused-ring (bicyclic) bond motifs is 2. The van der Waals surface area contributed by atoms with Crippen LogP contribution in [0.15, 0.2) is 48.7 Å². The number of hydrogen-bond acceptors (Lipinski definition) is 4. The van der Waals surface area contributed by atoms with Gasteiger partial charge in [0.05, 0.1) is 16.7 Å². The molecule has 2 amide bonds. The number of hydrogen-bond donors (Lipinski definition) is 1. The van der Waals surface area contributed by atoms with Gasteiger partial charge in [-0.3, -0.25) is 9.59 Å². The normalized spacial score (nSPS) is 13.5. The van der Waals surface area contributed by atoms with Crippen molar-refractivity contribution in [1.82, 2.24) is 10.0 Å². The average Bonchev–Trinajstić information content (AvgIpc) is 3.10. The molecule has 7 heteroatoms. The van der Waals surface area contributed by atoms with E-state index in [0.29, 0.717) is 16.0 Å². The summed E-state index contributed by atoms with van der Waals surface area (Å²) in [5.74, 6) is -2.87. The molecule has 2 heterocycles. The zero-order valence-corrected chi connectivity index (χ0v) is 12.1. The standard InChI is InChI=1S/C17H9FN2O4/c18-9-5-6-14-12(7-9)13(8-19-14)17(23)24-20-15(21)10-3-1-2-4-11(10)16(20)22/h1-8,19H. The Morgan fingerprint density at radius 1 is 1.04 bits per heavy atom. The number of benzene rings is 2. The quantitative estimate of drug-likeness (QED) is 0.735. The first-order valence-corrected chi connectivity index (χ1v) is 7.03. The monoisotopic (exact) mass is 324 g/mol. The Bertz CT molecular complexity index is 989. The molecular formula is C17H9FN2O4. The lowest BCUT2D eigenvalue weighted by Gasteiger charge is -2.12. The number of halogens is 1. The van der Waals surface area contributed by atoms with Crippen LogP contribution in [0.25, 0.3) is 10.9 Å². The minimum atomic E-state index is -0.929. The molecule has 1 aromatic heterocycles. The predicted molar refractivity (Wildman–Crippen MR) is 80.6 cm³/mol. The van der Waals surface area contributed by atoms with E-state index in [9.17, 15) is 18.8 Å². The van der Waals surface area contributed by atoms with Crippen LogP contribution in [-0.4, -0.2) is 27.8 Å². The molecule has 0 aliphatic carbocycles. The van der Waals surface area contributed by atoms with Gasteiger partial charge in [0, 0.05) is 17.1 Å². The Labute approximate surface area is 134 Å². The number of imide groups is 1. The molecule has 1 N–H and O–H groups in total. The van der Waals surface area contributed by atoms with Crippen LogP contribution in [0.4, 0.5) is 4.39 Å². The largest absolute Gasteiger partial charge is 0.366 e. The topological polar surface area (TPSA) is 79.5 Å². The Morgan fingerprint density at radius 3 is 2.38 bits per heavy atom. The Balaban J connectivity index is 1.66. The third-order valence-electron chi connectivity index (χ3n) is 3.79. The van der Waals surface area contributed by atoms with Gasteiger partial charge in [-0.25, -0.2) is 9.18 Å². The van der Waals surface area contributed by atoms with Gasteiger partial charge in [0.1, 0.15) is 5.82 Å². The lowest BCUT2D eigenvalue weighted by molar-refractivity contribution is -0.0583. The number of aromatic amines is 1. The lowest BCUT2D eigenvalue weighted by Crippen LogP contribution is -2.32. The minimum absolute atomic E-state index is 0.0288. The SMILES string of the molecule is O=C(ON1C(=O)c2ccccc2C1=O)c1c[nH]c2ccc(F)cc12. The molecule has 0 fully saturated rings. The van der Waals surface area contributed by atoms with Crippen molar-refractivity contribution in [2.45, 2.75) is 0 Å². The van der Waals surface area contributed by atoms with Crippen molar-refractivity contribution in [2.75, 3.05) is 0 Å². The summed E-state index contributed by atoms with van der Waals surface area (Å²) in [6, 6.07) is 10.1. The van der Waals surface area contributed by atoms with Crippen molar-refractivity contribution >= 4 is 28.7 Å². The number of amides is 2. The number of hydroxylamine groups is 2. The molecule has 24 heavy (non-hydrogen) atoms. The molecule has 118 valence electrons. The van der Waals surface area contributed by atoms with Crippen LogP contribution in [0.1, 0.15) is 31.1 Å². The van der Waals surface area contributed by atoms with Crippen molar-refractivity contribution in [3.05, 3.63) is 71.2 Å². The van der Waals surface area contributed by atoms with E-state index >= 15 is 0 Å². The number of rotatable bonds is 2. The van der Waals surface area contributed by atoms with E-state index in [1.807, 2.05) is 0 Å². The average molecular weight is 324 g/mol. The summed E-state index contributed by atoms with van der Waals surface area (Å²) in [6.45, 7) is 0. The molecule has 0 unspecified atom stereocenters. The summed E-state index contributed by atoms with van der Waals surface area (Å²) in [5.41, 5.74) is 0.896. The van der Waals surface area contributed by atoms with E-state index in [4.69, 9.17) is 4.84 Å². The number of aromatic nitrogens is 1. The molecule has 2 aromatic carbocycles. The van der Waals surface area contributed by atoms with E-state index in [-0.39, 0.29) is 16.7 Å². The molecule has 0 spiro atoms. The summed E-state index contributed by atoms with van der Waals surface area (Å²) >= 11 is 0. The van der Waals surface area contributed by atoms with Gasteiger partial charge < -0.3 is 9.82 Å². The second-order valence-corrected chi connectivity index (χ2v) is 5.22. The highest BCUT2D eigenvalue weighted by Crippen LogP contribution is 2.25. The third-order valence-corrected chi connectivity index (χ3v) is 3.79. The molecule has 1 aliphatic rings. The van der Waals surface area contributed by atoms with Crippen LogP contribution in [0.3, 0.4) is 0 Å². The van der Waals surface area contributed by atoms with Gasteiger partial charge in [0.15, 0.2) is 0 Å². The van der Waals surface area contributed by atoms with Gasteiger partial charge in [-0.1, -0.05) is 17.2 Å². The van der Waals surface area contributed by atoms with Crippen LogP contribution < -0.4 is 0 Å². The first-order valence-electron chi connectivity index (χ1n) is 7.03. The molecule has 0 saturated carbocycles. The highest BCUT2D eigenvalue weighted by Gasteiger charge is 2.39. The maximum Gasteiger partial charge on any atom is 0.366 e. The van der Waals surface area contributed by atoms with Crippen molar-refractivity contribution in [2.24, 2.45) is 0 Å². The molecule has 0 saturated heterocycles.